The molecule has 3 unspecified atom stereocenters. The lowest BCUT2D eigenvalue weighted by Gasteiger charge is -2.49. The van der Waals surface area contributed by atoms with E-state index in [2.05, 4.69) is 11.9 Å². The largest absolute Gasteiger partial charge is 0.508 e. The van der Waals surface area contributed by atoms with Gasteiger partial charge in [0.25, 0.3) is 0 Å². The lowest BCUT2D eigenvalue weighted by molar-refractivity contribution is -0.293. The summed E-state index contributed by atoms with van der Waals surface area (Å²) in [6.45, 7) is 0.493. The molecule has 1 aliphatic carbocycles. The molecule has 1 saturated carbocycles. The SMILES string of the molecule is CN1CC(O)(c2ccc(-c3ccc(O)cc3)cc2)OC2CCCCC21. The molecule has 2 aromatic carbocycles. The van der Waals surface area contributed by atoms with Gasteiger partial charge < -0.3 is 14.9 Å². The molecule has 0 aromatic heterocycles. The van der Waals surface area contributed by atoms with Gasteiger partial charge in [0.2, 0.25) is 5.79 Å². The Bertz CT molecular complexity index is 728. The highest BCUT2D eigenvalue weighted by atomic mass is 16.6. The molecular weight excluding hydrogens is 314 g/mol. The van der Waals surface area contributed by atoms with Gasteiger partial charge in [-0.15, -0.1) is 0 Å². The maximum absolute atomic E-state index is 11.2. The minimum atomic E-state index is -1.25. The van der Waals surface area contributed by atoms with E-state index in [1.807, 2.05) is 36.4 Å². The quantitative estimate of drug-likeness (QED) is 0.880. The van der Waals surface area contributed by atoms with E-state index in [1.54, 1.807) is 12.1 Å². The molecule has 2 aromatic rings. The van der Waals surface area contributed by atoms with E-state index in [1.165, 1.54) is 12.8 Å². The van der Waals surface area contributed by atoms with Crippen molar-refractivity contribution in [2.75, 3.05) is 13.6 Å². The molecule has 0 bridgehead atoms. The third-order valence-corrected chi connectivity index (χ3v) is 5.58. The molecule has 4 heteroatoms. The van der Waals surface area contributed by atoms with Crippen LogP contribution in [-0.4, -0.2) is 40.9 Å². The lowest BCUT2D eigenvalue weighted by atomic mass is 9.88. The van der Waals surface area contributed by atoms with E-state index in [-0.39, 0.29) is 11.9 Å². The van der Waals surface area contributed by atoms with Gasteiger partial charge in [-0.3, -0.25) is 4.90 Å². The van der Waals surface area contributed by atoms with Crippen molar-refractivity contribution in [3.8, 4) is 16.9 Å². The Hall–Kier alpha value is -1.88. The summed E-state index contributed by atoms with van der Waals surface area (Å²) < 4.78 is 6.18. The van der Waals surface area contributed by atoms with Crippen molar-refractivity contribution in [1.82, 2.24) is 4.90 Å². The molecule has 132 valence electrons. The fourth-order valence-corrected chi connectivity index (χ4v) is 4.20. The summed E-state index contributed by atoms with van der Waals surface area (Å²) in [6, 6.07) is 15.4. The van der Waals surface area contributed by atoms with Crippen LogP contribution in [0.3, 0.4) is 0 Å². The van der Waals surface area contributed by atoms with Crippen LogP contribution >= 0.6 is 0 Å². The summed E-state index contributed by atoms with van der Waals surface area (Å²) >= 11 is 0. The first-order valence-electron chi connectivity index (χ1n) is 9.05. The van der Waals surface area contributed by atoms with Crippen LogP contribution in [0.15, 0.2) is 48.5 Å². The Kier molecular flexibility index (Phi) is 4.28. The third-order valence-electron chi connectivity index (χ3n) is 5.58. The Morgan fingerprint density at radius 3 is 2.24 bits per heavy atom. The number of nitrogens with zero attached hydrogens (tertiary/aromatic N) is 1. The highest BCUT2D eigenvalue weighted by Crippen LogP contribution is 2.38. The van der Waals surface area contributed by atoms with E-state index in [0.29, 0.717) is 12.6 Å². The molecule has 2 fully saturated rings. The van der Waals surface area contributed by atoms with E-state index < -0.39 is 5.79 Å². The molecule has 4 nitrogen and oxygen atoms in total. The first kappa shape index (κ1) is 16.6. The number of rotatable bonds is 2. The molecule has 0 spiro atoms. The fourth-order valence-electron chi connectivity index (χ4n) is 4.20. The lowest BCUT2D eigenvalue weighted by Crippen LogP contribution is -2.58. The van der Waals surface area contributed by atoms with Gasteiger partial charge in [-0.2, -0.15) is 0 Å². The van der Waals surface area contributed by atoms with Crippen molar-refractivity contribution in [2.45, 2.75) is 43.6 Å². The fraction of sp³-hybridized carbons (Fsp3) is 0.429. The molecule has 1 saturated heterocycles. The van der Waals surface area contributed by atoms with Gasteiger partial charge in [-0.25, -0.2) is 0 Å². The van der Waals surface area contributed by atoms with Crippen LogP contribution < -0.4 is 0 Å². The summed E-state index contributed by atoms with van der Waals surface area (Å²) in [5.41, 5.74) is 2.88. The second kappa shape index (κ2) is 6.45. The van der Waals surface area contributed by atoms with Gasteiger partial charge >= 0.3 is 0 Å². The monoisotopic (exact) mass is 339 g/mol. The third kappa shape index (κ3) is 3.17. The van der Waals surface area contributed by atoms with Crippen LogP contribution in [0.1, 0.15) is 31.2 Å². The van der Waals surface area contributed by atoms with E-state index in [0.717, 1.165) is 29.5 Å². The number of hydrogen-bond acceptors (Lipinski definition) is 4. The number of fused-ring (bicyclic) bond motifs is 1. The topological polar surface area (TPSA) is 52.9 Å². The average Bonchev–Trinajstić information content (AvgIpc) is 2.62. The Labute approximate surface area is 148 Å². The average molecular weight is 339 g/mol. The van der Waals surface area contributed by atoms with Crippen molar-refractivity contribution >= 4 is 0 Å². The van der Waals surface area contributed by atoms with Crippen molar-refractivity contribution < 1.29 is 14.9 Å². The van der Waals surface area contributed by atoms with Crippen molar-refractivity contribution in [3.05, 3.63) is 54.1 Å². The minimum Gasteiger partial charge on any atom is -0.508 e. The summed E-state index contributed by atoms with van der Waals surface area (Å²) in [6.07, 6.45) is 4.69. The number of aliphatic hydroxyl groups is 1. The highest BCUT2D eigenvalue weighted by Gasteiger charge is 2.45. The number of β-amino-alcohol motifs (C(OH)–C–C–N with tert-alkyl or cyclic N) is 1. The van der Waals surface area contributed by atoms with E-state index >= 15 is 0 Å². The highest BCUT2D eigenvalue weighted by molar-refractivity contribution is 5.64. The smallest absolute Gasteiger partial charge is 0.205 e. The molecule has 2 N–H and O–H groups in total. The Morgan fingerprint density at radius 1 is 0.960 bits per heavy atom. The minimum absolute atomic E-state index is 0.106. The number of benzene rings is 2. The standard InChI is InChI=1S/C21H25NO3/c1-22-14-21(24,25-20-5-3-2-4-19(20)22)17-10-6-15(7-11-17)16-8-12-18(23)13-9-16/h6-13,19-20,23-24H,2-5,14H2,1H3. The second-order valence-corrected chi connectivity index (χ2v) is 7.33. The zero-order valence-electron chi connectivity index (χ0n) is 14.6. The molecule has 1 heterocycles. The number of aromatic hydroxyl groups is 1. The van der Waals surface area contributed by atoms with Crippen molar-refractivity contribution in [3.63, 3.8) is 0 Å². The van der Waals surface area contributed by atoms with Gasteiger partial charge in [0.05, 0.1) is 12.6 Å². The summed E-state index contributed by atoms with van der Waals surface area (Å²) in [4.78, 5) is 2.25. The summed E-state index contributed by atoms with van der Waals surface area (Å²) in [5, 5.41) is 20.6. The first-order chi connectivity index (χ1) is 12.0. The van der Waals surface area contributed by atoms with Gasteiger partial charge in [-0.1, -0.05) is 49.2 Å². The number of phenols is 1. The molecule has 4 rings (SSSR count). The summed E-state index contributed by atoms with van der Waals surface area (Å²) in [7, 11) is 2.08. The predicted octanol–water partition coefficient (Wildman–Crippen LogP) is 3.48. The number of hydrogen-bond donors (Lipinski definition) is 2. The Morgan fingerprint density at radius 2 is 1.56 bits per heavy atom. The van der Waals surface area contributed by atoms with E-state index in [4.69, 9.17) is 4.74 Å². The molecular formula is C21H25NO3. The first-order valence-corrected chi connectivity index (χ1v) is 9.05. The molecule has 2 aliphatic rings. The van der Waals surface area contributed by atoms with Crippen LogP contribution in [0.4, 0.5) is 0 Å². The zero-order valence-corrected chi connectivity index (χ0v) is 14.6. The molecule has 1 aliphatic heterocycles. The summed E-state index contributed by atoms with van der Waals surface area (Å²) in [5.74, 6) is -0.990. The second-order valence-electron chi connectivity index (χ2n) is 7.33. The molecule has 25 heavy (non-hydrogen) atoms. The van der Waals surface area contributed by atoms with E-state index in [9.17, 15) is 10.2 Å². The van der Waals surface area contributed by atoms with Gasteiger partial charge in [0.1, 0.15) is 5.75 Å². The number of morpholine rings is 1. The van der Waals surface area contributed by atoms with Crippen LogP contribution in [0.2, 0.25) is 0 Å². The van der Waals surface area contributed by atoms with Gasteiger partial charge in [-0.05, 0) is 43.1 Å². The van der Waals surface area contributed by atoms with Crippen LogP contribution in [0, 0.1) is 0 Å². The zero-order chi connectivity index (χ0) is 17.4. The number of ether oxygens (including phenoxy) is 1. The van der Waals surface area contributed by atoms with Crippen molar-refractivity contribution in [1.29, 1.82) is 0 Å². The van der Waals surface area contributed by atoms with Crippen LogP contribution in [0.25, 0.3) is 11.1 Å². The van der Waals surface area contributed by atoms with Crippen molar-refractivity contribution in [2.24, 2.45) is 0 Å². The van der Waals surface area contributed by atoms with Gasteiger partial charge in [0, 0.05) is 11.6 Å². The van der Waals surface area contributed by atoms with Crippen LogP contribution in [-0.2, 0) is 10.5 Å². The maximum Gasteiger partial charge on any atom is 0.205 e. The van der Waals surface area contributed by atoms with Crippen LogP contribution in [0.5, 0.6) is 5.75 Å². The normalized spacial score (nSPS) is 30.0. The molecule has 3 atom stereocenters. The predicted molar refractivity (Wildman–Crippen MR) is 97.2 cm³/mol. The van der Waals surface area contributed by atoms with Gasteiger partial charge in [0.15, 0.2) is 0 Å². The Balaban J connectivity index is 1.57. The maximum atomic E-state index is 11.2. The number of likely N-dealkylation sites (N-methyl/N-ethyl adjacent to an activating group) is 1. The number of phenolic OH excluding ortho intramolecular Hbond substituents is 1. The molecule has 0 radical (unpaired) electrons. The molecule has 0 amide bonds.